The highest BCUT2D eigenvalue weighted by Crippen LogP contribution is 2.43. The topological polar surface area (TPSA) is 142 Å². The van der Waals surface area contributed by atoms with Crippen LogP contribution in [0.1, 0.15) is 158 Å². The molecule has 1 unspecified atom stereocenters. The number of esters is 2. The Hall–Kier alpha value is -2.79. The maximum absolute atomic E-state index is 12.7. The second kappa shape index (κ2) is 33.8. The van der Waals surface area contributed by atoms with Crippen LogP contribution in [0.4, 0.5) is 0 Å². The molecule has 1 aromatic heterocycles. The number of phosphoric acid groups is 1. The zero-order chi connectivity index (χ0) is 44.5. The van der Waals surface area contributed by atoms with Gasteiger partial charge in [-0.2, -0.15) is 0 Å². The minimum atomic E-state index is -4.42. The van der Waals surface area contributed by atoms with E-state index in [1.807, 2.05) is 57.6 Å². The van der Waals surface area contributed by atoms with E-state index in [-0.39, 0.29) is 32.2 Å². The summed E-state index contributed by atoms with van der Waals surface area (Å²) in [7, 11) is 1.38. The number of hydrogen-bond donors (Lipinski definition) is 2. The van der Waals surface area contributed by atoms with E-state index in [1.54, 1.807) is 0 Å². The van der Waals surface area contributed by atoms with Crippen LogP contribution < -0.4 is 0 Å². The molecular weight excluding hydrogens is 781 g/mol. The summed E-state index contributed by atoms with van der Waals surface area (Å²) in [5, 5.41) is 9.92. The average molecular weight is 865 g/mol. The highest BCUT2D eigenvalue weighted by molar-refractivity contribution is 7.47. The van der Waals surface area contributed by atoms with Crippen LogP contribution in [0.3, 0.4) is 0 Å². The van der Waals surface area contributed by atoms with Crippen molar-refractivity contribution in [3.05, 3.63) is 71.3 Å². The molecule has 0 aliphatic carbocycles. The zero-order valence-electron chi connectivity index (χ0n) is 38.5. The Morgan fingerprint density at radius 3 is 1.97 bits per heavy atom. The molecule has 0 radical (unpaired) electrons. The normalized spacial score (nSPS) is 14.5. The third kappa shape index (κ3) is 30.3. The van der Waals surface area contributed by atoms with Crippen LogP contribution in [0.2, 0.25) is 0 Å². The number of allylic oxidation sites excluding steroid dienone is 7. The fourth-order valence-electron chi connectivity index (χ4n) is 6.24. The molecular formula is C48H83NO10P+. The molecule has 11 nitrogen and oxygen atoms in total. The third-order valence-corrected chi connectivity index (χ3v) is 11.2. The van der Waals surface area contributed by atoms with Crippen LogP contribution in [0, 0.1) is 13.8 Å². The van der Waals surface area contributed by atoms with Gasteiger partial charge in [-0.1, -0.05) is 120 Å². The summed E-state index contributed by atoms with van der Waals surface area (Å²) in [5.74, 6) is 1.34. The summed E-state index contributed by atoms with van der Waals surface area (Å²) in [6.07, 6.45) is 33.3. The summed E-state index contributed by atoms with van der Waals surface area (Å²) >= 11 is 0. The van der Waals surface area contributed by atoms with Crippen molar-refractivity contribution in [2.75, 3.05) is 47.5 Å². The number of carbonyl (C=O) groups excluding carboxylic acids is 2. The van der Waals surface area contributed by atoms with Crippen LogP contribution in [0.15, 0.2) is 53.0 Å². The highest BCUT2D eigenvalue weighted by Gasteiger charge is 2.27. The van der Waals surface area contributed by atoms with Crippen LogP contribution in [-0.4, -0.2) is 86.1 Å². The van der Waals surface area contributed by atoms with Crippen molar-refractivity contribution in [3.63, 3.8) is 0 Å². The van der Waals surface area contributed by atoms with E-state index in [0.29, 0.717) is 30.3 Å². The minimum absolute atomic E-state index is 0.00311. The Labute approximate surface area is 363 Å². The molecule has 3 atom stereocenters. The predicted molar refractivity (Wildman–Crippen MR) is 243 cm³/mol. The van der Waals surface area contributed by atoms with Crippen molar-refractivity contribution in [3.8, 4) is 0 Å². The number of furan rings is 1. The van der Waals surface area contributed by atoms with E-state index in [0.717, 1.165) is 95.0 Å². The molecule has 1 aromatic rings. The van der Waals surface area contributed by atoms with Gasteiger partial charge in [-0.3, -0.25) is 18.6 Å². The number of phosphoric ester groups is 1. The van der Waals surface area contributed by atoms with Crippen molar-refractivity contribution in [1.82, 2.24) is 0 Å². The number of rotatable bonds is 37. The average Bonchev–Trinajstić information content (AvgIpc) is 3.46. The monoisotopic (exact) mass is 865 g/mol. The Kier molecular flexibility index (Phi) is 31.1. The van der Waals surface area contributed by atoms with Gasteiger partial charge in [0.2, 0.25) is 0 Å². The van der Waals surface area contributed by atoms with E-state index in [2.05, 4.69) is 39.8 Å². The van der Waals surface area contributed by atoms with Gasteiger partial charge in [0.25, 0.3) is 0 Å². The molecule has 12 heteroatoms. The second-order valence-corrected chi connectivity index (χ2v) is 18.3. The van der Waals surface area contributed by atoms with Crippen molar-refractivity contribution < 1.29 is 51.6 Å². The van der Waals surface area contributed by atoms with Crippen LogP contribution in [-0.2, 0) is 45.5 Å². The molecule has 0 fully saturated rings. The molecule has 0 aliphatic rings. The number of carbonyl (C=O) groups is 2. The largest absolute Gasteiger partial charge is 0.472 e. The maximum Gasteiger partial charge on any atom is 0.472 e. The van der Waals surface area contributed by atoms with Crippen LogP contribution in [0.25, 0.3) is 0 Å². The maximum atomic E-state index is 12.7. The first kappa shape index (κ1) is 55.2. The van der Waals surface area contributed by atoms with E-state index in [1.165, 1.54) is 30.4 Å². The van der Waals surface area contributed by atoms with Crippen molar-refractivity contribution in [2.45, 2.75) is 175 Å². The molecule has 0 saturated heterocycles. The van der Waals surface area contributed by atoms with Gasteiger partial charge in [0.1, 0.15) is 31.3 Å². The first-order valence-corrected chi connectivity index (χ1v) is 24.3. The summed E-state index contributed by atoms with van der Waals surface area (Å²) in [6.45, 7) is 8.45. The Balaban J connectivity index is 2.44. The number of nitrogens with zero attached hydrogens (tertiary/aromatic N) is 1. The predicted octanol–water partition coefficient (Wildman–Crippen LogP) is 11.3. The lowest BCUT2D eigenvalue weighted by atomic mass is 10.0. The van der Waals surface area contributed by atoms with Gasteiger partial charge < -0.3 is 28.4 Å². The Morgan fingerprint density at radius 1 is 0.717 bits per heavy atom. The van der Waals surface area contributed by atoms with Crippen molar-refractivity contribution in [2.24, 2.45) is 0 Å². The molecule has 0 aromatic carbocycles. The number of hydrogen-bond acceptors (Lipinski definition) is 9. The van der Waals surface area contributed by atoms with Gasteiger partial charge in [0.05, 0.1) is 33.9 Å². The Bertz CT molecular complexity index is 1460. The molecule has 1 rings (SSSR count). The van der Waals surface area contributed by atoms with Crippen molar-refractivity contribution in [1.29, 1.82) is 0 Å². The molecule has 0 spiro atoms. The van der Waals surface area contributed by atoms with Gasteiger partial charge in [-0.25, -0.2) is 4.57 Å². The number of ether oxygens (including phenoxy) is 2. The fraction of sp³-hybridized carbons (Fsp3) is 0.708. The van der Waals surface area contributed by atoms with E-state index < -0.39 is 32.5 Å². The number of likely N-dealkylation sites (N-methyl/N-ethyl adjacent to an activating group) is 1. The Morgan fingerprint density at radius 2 is 1.30 bits per heavy atom. The molecule has 1 heterocycles. The lowest BCUT2D eigenvalue weighted by molar-refractivity contribution is -0.870. The number of unbranched alkanes of at least 4 members (excludes halogenated alkanes) is 10. The summed E-state index contributed by atoms with van der Waals surface area (Å²) < 4.78 is 40.5. The molecule has 344 valence electrons. The summed E-state index contributed by atoms with van der Waals surface area (Å²) in [5.41, 5.74) is 2.60. The number of aliphatic hydroxyl groups is 1. The van der Waals surface area contributed by atoms with Gasteiger partial charge >= 0.3 is 19.8 Å². The lowest BCUT2D eigenvalue weighted by Crippen LogP contribution is -2.37. The number of aliphatic hydroxyl groups excluding tert-OH is 1. The minimum Gasteiger partial charge on any atom is -0.466 e. The molecule has 0 bridgehead atoms. The molecule has 0 aliphatic heterocycles. The molecule has 0 amide bonds. The fourth-order valence-corrected chi connectivity index (χ4v) is 6.98. The molecule has 60 heavy (non-hydrogen) atoms. The molecule has 2 N–H and O–H groups in total. The first-order valence-electron chi connectivity index (χ1n) is 22.8. The van der Waals surface area contributed by atoms with Gasteiger partial charge in [0.15, 0.2) is 6.10 Å². The number of aryl methyl sites for hydroxylation is 2. The highest BCUT2D eigenvalue weighted by atomic mass is 31.2. The van der Waals surface area contributed by atoms with Crippen molar-refractivity contribution >= 4 is 19.8 Å². The number of quaternary nitrogens is 1. The zero-order valence-corrected chi connectivity index (χ0v) is 39.4. The van der Waals surface area contributed by atoms with E-state index in [4.69, 9.17) is 22.9 Å². The van der Waals surface area contributed by atoms with Gasteiger partial charge in [-0.05, 0) is 76.3 Å². The van der Waals surface area contributed by atoms with E-state index in [9.17, 15) is 24.2 Å². The van der Waals surface area contributed by atoms with Crippen LogP contribution in [0.5, 0.6) is 0 Å². The quantitative estimate of drug-likeness (QED) is 0.0166. The first-order chi connectivity index (χ1) is 28.7. The van der Waals surface area contributed by atoms with Gasteiger partial charge in [0, 0.05) is 25.7 Å². The molecule has 0 saturated carbocycles. The standard InChI is InChI=1S/C48H82NO10P/c1-8-10-25-31-43(50)32-27-21-17-15-13-12-14-16-18-24-30-36-48(52)58-44(40-57-60(53,54)56-38-37-49(5,6)7)39-55-47(51)35-29-23-20-19-22-28-34-46-42(4)41(3)45(59-46)33-26-11-9-2/h12-13,16-18,21,27,32,43-44,50H,8-11,14-15,19-20,22-26,28-31,33-40H2,1-7H3/p+1/b13-12-,18-16-,21-17-,32-27+/t43-,44+/m0/s1. The van der Waals surface area contributed by atoms with E-state index >= 15 is 0 Å². The smallest absolute Gasteiger partial charge is 0.466 e. The summed E-state index contributed by atoms with van der Waals surface area (Å²) in [6, 6.07) is 0. The second-order valence-electron chi connectivity index (χ2n) is 16.9. The lowest BCUT2D eigenvalue weighted by Gasteiger charge is -2.24. The van der Waals surface area contributed by atoms with Gasteiger partial charge in [-0.15, -0.1) is 0 Å². The SMILES string of the molecule is CCCCCc1oc(CCCCCCCCC(=O)OC[C@H](COP(=O)(O)OCC[N+](C)(C)C)OC(=O)CCC/C=C\C/C=C\C/C=C\C=C\[C@@H](O)CCCCC)c(C)c1C. The van der Waals surface area contributed by atoms with Crippen LogP contribution >= 0.6 is 7.82 Å². The summed E-state index contributed by atoms with van der Waals surface area (Å²) in [4.78, 5) is 35.5. The third-order valence-electron chi connectivity index (χ3n) is 10.2.